The lowest BCUT2D eigenvalue weighted by Crippen LogP contribution is -1.85. The van der Waals surface area contributed by atoms with Crippen LogP contribution in [0.3, 0.4) is 0 Å². The highest BCUT2D eigenvalue weighted by atomic mass is 35.5. The molecule has 4 nitrogen and oxygen atoms in total. The number of aromatic hydroxyl groups is 2. The van der Waals surface area contributed by atoms with Gasteiger partial charge in [0.25, 0.3) is 0 Å². The summed E-state index contributed by atoms with van der Waals surface area (Å²) < 4.78 is 10.2. The van der Waals surface area contributed by atoms with Gasteiger partial charge in [0.15, 0.2) is 0 Å². The zero-order chi connectivity index (χ0) is 20.3. The predicted molar refractivity (Wildman–Crippen MR) is 114 cm³/mol. The molecule has 0 saturated carbocycles. The summed E-state index contributed by atoms with van der Waals surface area (Å²) in [6, 6.07) is 17.7. The lowest BCUT2D eigenvalue weighted by Gasteiger charge is -2.08. The Balaban J connectivity index is 0.000000162. The first-order valence-electron chi connectivity index (χ1n) is 8.35. The molecule has 0 fully saturated rings. The van der Waals surface area contributed by atoms with Crippen molar-refractivity contribution in [3.05, 3.63) is 70.7 Å². The Morgan fingerprint density at radius 1 is 0.679 bits per heavy atom. The SMILES string of the molecule is COc1ccc2c(Cl)c(O)ccc2c1Cl.COc1ccc2cc(O)ccc2c1. The molecule has 0 unspecified atom stereocenters. The number of hydrogen-bond acceptors (Lipinski definition) is 4. The van der Waals surface area contributed by atoms with E-state index in [2.05, 4.69) is 0 Å². The van der Waals surface area contributed by atoms with E-state index in [9.17, 15) is 10.2 Å². The predicted octanol–water partition coefficient (Wildman–Crippen LogP) is 6.41. The van der Waals surface area contributed by atoms with Crippen LogP contribution < -0.4 is 9.47 Å². The number of methoxy groups -OCH3 is 2. The monoisotopic (exact) mass is 416 g/mol. The smallest absolute Gasteiger partial charge is 0.138 e. The highest BCUT2D eigenvalue weighted by Crippen LogP contribution is 2.39. The normalized spacial score (nSPS) is 10.4. The van der Waals surface area contributed by atoms with Gasteiger partial charge in [-0.05, 0) is 59.3 Å². The van der Waals surface area contributed by atoms with Crippen LogP contribution in [0.15, 0.2) is 60.7 Å². The number of phenolic OH excluding ortho intramolecular Hbond substituents is 2. The second-order valence-electron chi connectivity index (χ2n) is 5.97. The van der Waals surface area contributed by atoms with Crippen LogP contribution >= 0.6 is 23.2 Å². The fraction of sp³-hybridized carbons (Fsp3) is 0.0909. The van der Waals surface area contributed by atoms with E-state index in [1.165, 1.54) is 6.07 Å². The van der Waals surface area contributed by atoms with E-state index in [1.54, 1.807) is 44.6 Å². The topological polar surface area (TPSA) is 58.9 Å². The molecule has 0 bridgehead atoms. The van der Waals surface area contributed by atoms with Crippen molar-refractivity contribution < 1.29 is 19.7 Å². The van der Waals surface area contributed by atoms with Crippen LogP contribution in [0.5, 0.6) is 23.0 Å². The van der Waals surface area contributed by atoms with Crippen LogP contribution in [0.25, 0.3) is 21.5 Å². The average Bonchev–Trinajstić information content (AvgIpc) is 2.71. The zero-order valence-electron chi connectivity index (χ0n) is 15.2. The number of halogens is 2. The fourth-order valence-corrected chi connectivity index (χ4v) is 3.33. The van der Waals surface area contributed by atoms with Crippen LogP contribution in [-0.2, 0) is 0 Å². The molecule has 144 valence electrons. The molecule has 0 aliphatic rings. The molecule has 0 aliphatic heterocycles. The summed E-state index contributed by atoms with van der Waals surface area (Å²) in [6.07, 6.45) is 0. The maximum Gasteiger partial charge on any atom is 0.138 e. The van der Waals surface area contributed by atoms with Gasteiger partial charge in [0.2, 0.25) is 0 Å². The maximum atomic E-state index is 9.43. The van der Waals surface area contributed by atoms with Crippen LogP contribution in [0, 0.1) is 0 Å². The molecule has 0 aliphatic carbocycles. The molecule has 6 heteroatoms. The summed E-state index contributed by atoms with van der Waals surface area (Å²) in [6.45, 7) is 0. The van der Waals surface area contributed by atoms with Crippen molar-refractivity contribution >= 4 is 44.7 Å². The van der Waals surface area contributed by atoms with Gasteiger partial charge in [0.1, 0.15) is 23.0 Å². The fourth-order valence-electron chi connectivity index (χ4n) is 2.80. The Kier molecular flexibility index (Phi) is 6.02. The third-order valence-electron chi connectivity index (χ3n) is 4.26. The second-order valence-corrected chi connectivity index (χ2v) is 6.73. The van der Waals surface area contributed by atoms with E-state index in [0.29, 0.717) is 21.2 Å². The standard InChI is InChI=1S/C11H8Cl2O2.C11H10O2/c1-15-9-5-3-6-7(11(9)13)2-4-8(14)10(6)12;1-13-11-5-3-8-6-10(12)4-2-9(8)7-11/h2-5,14H,1H3;2-7,12H,1H3. The number of rotatable bonds is 2. The van der Waals surface area contributed by atoms with Crippen molar-refractivity contribution in [2.45, 2.75) is 0 Å². The summed E-state index contributed by atoms with van der Waals surface area (Å²) in [5, 5.41) is 23.0. The molecule has 0 spiro atoms. The zero-order valence-corrected chi connectivity index (χ0v) is 16.8. The van der Waals surface area contributed by atoms with Crippen molar-refractivity contribution in [1.82, 2.24) is 0 Å². The molecule has 4 rings (SSSR count). The molecule has 4 aromatic carbocycles. The number of benzene rings is 4. The van der Waals surface area contributed by atoms with Gasteiger partial charge in [0, 0.05) is 10.8 Å². The maximum absolute atomic E-state index is 9.43. The van der Waals surface area contributed by atoms with Crippen molar-refractivity contribution in [2.24, 2.45) is 0 Å². The quantitative estimate of drug-likeness (QED) is 0.396. The first-order valence-corrected chi connectivity index (χ1v) is 9.10. The van der Waals surface area contributed by atoms with Gasteiger partial charge in [-0.1, -0.05) is 35.3 Å². The first-order chi connectivity index (χ1) is 13.4. The largest absolute Gasteiger partial charge is 0.508 e. The van der Waals surface area contributed by atoms with Gasteiger partial charge in [-0.2, -0.15) is 0 Å². The molecule has 0 heterocycles. The molecule has 28 heavy (non-hydrogen) atoms. The van der Waals surface area contributed by atoms with Crippen molar-refractivity contribution in [1.29, 1.82) is 0 Å². The van der Waals surface area contributed by atoms with Gasteiger partial charge in [-0.15, -0.1) is 0 Å². The van der Waals surface area contributed by atoms with Crippen molar-refractivity contribution in [3.63, 3.8) is 0 Å². The Morgan fingerprint density at radius 3 is 2.04 bits per heavy atom. The second kappa shape index (κ2) is 8.46. The molecule has 0 aromatic heterocycles. The summed E-state index contributed by atoms with van der Waals surface area (Å²) in [5.74, 6) is 1.76. The number of fused-ring (bicyclic) bond motifs is 2. The van der Waals surface area contributed by atoms with E-state index >= 15 is 0 Å². The van der Waals surface area contributed by atoms with Crippen LogP contribution in [0.1, 0.15) is 0 Å². The molecule has 0 radical (unpaired) electrons. The first kappa shape index (κ1) is 19.9. The van der Waals surface area contributed by atoms with E-state index < -0.39 is 0 Å². The summed E-state index contributed by atoms with van der Waals surface area (Å²) >= 11 is 12.0. The van der Waals surface area contributed by atoms with E-state index in [-0.39, 0.29) is 11.5 Å². The van der Waals surface area contributed by atoms with Gasteiger partial charge in [0.05, 0.1) is 24.3 Å². The number of ether oxygens (including phenoxy) is 2. The van der Waals surface area contributed by atoms with Crippen LogP contribution in [-0.4, -0.2) is 24.4 Å². The Bertz CT molecular complexity index is 1140. The highest BCUT2D eigenvalue weighted by molar-refractivity contribution is 6.41. The minimum atomic E-state index is 0.0467. The van der Waals surface area contributed by atoms with E-state index in [1.807, 2.05) is 24.3 Å². The summed E-state index contributed by atoms with van der Waals surface area (Å²) in [5.41, 5.74) is 0. The third kappa shape index (κ3) is 4.03. The van der Waals surface area contributed by atoms with Gasteiger partial charge in [-0.3, -0.25) is 0 Å². The van der Waals surface area contributed by atoms with Crippen molar-refractivity contribution in [3.8, 4) is 23.0 Å². The molecular weight excluding hydrogens is 399 g/mol. The lowest BCUT2D eigenvalue weighted by atomic mass is 10.1. The van der Waals surface area contributed by atoms with Crippen molar-refractivity contribution in [2.75, 3.05) is 14.2 Å². The Hall–Kier alpha value is -2.82. The minimum absolute atomic E-state index is 0.0467. The molecule has 0 atom stereocenters. The van der Waals surface area contributed by atoms with Gasteiger partial charge < -0.3 is 19.7 Å². The highest BCUT2D eigenvalue weighted by Gasteiger charge is 2.10. The molecule has 0 amide bonds. The number of hydrogen-bond donors (Lipinski definition) is 2. The summed E-state index contributed by atoms with van der Waals surface area (Å²) in [4.78, 5) is 0. The molecule has 4 aromatic rings. The number of phenols is 2. The average molecular weight is 417 g/mol. The van der Waals surface area contributed by atoms with E-state index in [0.717, 1.165) is 21.9 Å². The van der Waals surface area contributed by atoms with E-state index in [4.69, 9.17) is 32.7 Å². The minimum Gasteiger partial charge on any atom is -0.508 e. The molecule has 0 saturated heterocycles. The lowest BCUT2D eigenvalue weighted by molar-refractivity contribution is 0.415. The van der Waals surface area contributed by atoms with Gasteiger partial charge in [-0.25, -0.2) is 0 Å². The van der Waals surface area contributed by atoms with Gasteiger partial charge >= 0.3 is 0 Å². The van der Waals surface area contributed by atoms with Crippen LogP contribution in [0.2, 0.25) is 10.0 Å². The molecular formula is C22H18Cl2O4. The summed E-state index contributed by atoms with van der Waals surface area (Å²) in [7, 11) is 3.19. The van der Waals surface area contributed by atoms with Crippen LogP contribution in [0.4, 0.5) is 0 Å². The third-order valence-corrected chi connectivity index (χ3v) is 5.05. The molecule has 2 N–H and O–H groups in total. The Morgan fingerprint density at radius 2 is 1.32 bits per heavy atom. The Labute approximate surface area is 172 Å².